The summed E-state index contributed by atoms with van der Waals surface area (Å²) in [4.78, 5) is 16.6. The van der Waals surface area contributed by atoms with E-state index in [4.69, 9.17) is 4.74 Å². The van der Waals surface area contributed by atoms with Gasteiger partial charge in [-0.2, -0.15) is 5.10 Å². The summed E-state index contributed by atoms with van der Waals surface area (Å²) in [5.74, 6) is 2.51. The van der Waals surface area contributed by atoms with Crippen molar-refractivity contribution in [2.75, 3.05) is 7.11 Å². The van der Waals surface area contributed by atoms with Crippen molar-refractivity contribution in [2.24, 2.45) is 0 Å². The van der Waals surface area contributed by atoms with Crippen LogP contribution in [0.4, 0.5) is 0 Å². The summed E-state index contributed by atoms with van der Waals surface area (Å²) in [5, 5.41) is 9.97. The lowest BCUT2D eigenvalue weighted by molar-refractivity contribution is -0.121. The van der Waals surface area contributed by atoms with Crippen LogP contribution in [0.25, 0.3) is 11.4 Å². The van der Waals surface area contributed by atoms with Crippen molar-refractivity contribution in [1.29, 1.82) is 0 Å². The predicted molar refractivity (Wildman–Crippen MR) is 109 cm³/mol. The average molecular weight is 378 g/mol. The van der Waals surface area contributed by atoms with E-state index >= 15 is 0 Å². The van der Waals surface area contributed by atoms with Crippen LogP contribution in [0, 0.1) is 0 Å². The molecule has 0 aliphatic rings. The van der Waals surface area contributed by atoms with Crippen LogP contribution in [0.2, 0.25) is 0 Å². The van der Waals surface area contributed by atoms with E-state index in [-0.39, 0.29) is 5.91 Å². The lowest BCUT2D eigenvalue weighted by atomic mass is 10.0. The number of aromatic amines is 1. The second-order valence-corrected chi connectivity index (χ2v) is 7.01. The van der Waals surface area contributed by atoms with Crippen molar-refractivity contribution in [3.8, 4) is 17.1 Å². The number of amides is 1. The summed E-state index contributed by atoms with van der Waals surface area (Å²) in [6, 6.07) is 16.0. The maximum atomic E-state index is 12.1. The van der Waals surface area contributed by atoms with Crippen LogP contribution in [0.15, 0.2) is 48.5 Å². The van der Waals surface area contributed by atoms with Crippen LogP contribution in [0.5, 0.6) is 5.75 Å². The van der Waals surface area contributed by atoms with Gasteiger partial charge in [-0.25, -0.2) is 4.98 Å². The van der Waals surface area contributed by atoms with Crippen LogP contribution in [0.1, 0.15) is 43.1 Å². The first kappa shape index (κ1) is 19.6. The van der Waals surface area contributed by atoms with E-state index in [2.05, 4.69) is 58.6 Å². The normalized spacial score (nSPS) is 10.9. The second-order valence-electron chi connectivity index (χ2n) is 7.01. The van der Waals surface area contributed by atoms with Crippen LogP contribution in [-0.4, -0.2) is 28.2 Å². The Morgan fingerprint density at radius 2 is 1.82 bits per heavy atom. The first-order valence-corrected chi connectivity index (χ1v) is 9.46. The van der Waals surface area contributed by atoms with Gasteiger partial charge >= 0.3 is 0 Å². The number of rotatable bonds is 8. The summed E-state index contributed by atoms with van der Waals surface area (Å²) in [6.07, 6.45) is 1.16. The highest BCUT2D eigenvalue weighted by Gasteiger charge is 2.08. The quantitative estimate of drug-likeness (QED) is 0.624. The number of nitrogens with one attached hydrogen (secondary N) is 2. The zero-order valence-electron chi connectivity index (χ0n) is 16.5. The number of methoxy groups -OCH3 is 1. The Bertz CT molecular complexity index is 899. The highest BCUT2D eigenvalue weighted by molar-refractivity contribution is 5.76. The lowest BCUT2D eigenvalue weighted by Gasteiger charge is -2.07. The highest BCUT2D eigenvalue weighted by atomic mass is 16.5. The van der Waals surface area contributed by atoms with Crippen molar-refractivity contribution in [3.05, 3.63) is 65.5 Å². The van der Waals surface area contributed by atoms with E-state index in [0.717, 1.165) is 17.7 Å². The van der Waals surface area contributed by atoms with Crippen molar-refractivity contribution >= 4 is 5.91 Å². The van der Waals surface area contributed by atoms with Crippen LogP contribution in [0.3, 0.4) is 0 Å². The molecule has 6 heteroatoms. The molecule has 3 aromatic rings. The van der Waals surface area contributed by atoms with E-state index in [1.165, 1.54) is 11.1 Å². The Morgan fingerprint density at radius 1 is 1.11 bits per heavy atom. The monoisotopic (exact) mass is 378 g/mol. The number of ether oxygens (including phenoxy) is 1. The lowest BCUT2D eigenvalue weighted by Crippen LogP contribution is -2.23. The number of aromatic nitrogens is 3. The molecule has 2 N–H and O–H groups in total. The molecule has 1 heterocycles. The molecule has 1 aromatic heterocycles. The minimum absolute atomic E-state index is 0.00432. The van der Waals surface area contributed by atoms with Gasteiger partial charge in [0.05, 0.1) is 13.7 Å². The average Bonchev–Trinajstić information content (AvgIpc) is 3.20. The highest BCUT2D eigenvalue weighted by Crippen LogP contribution is 2.19. The van der Waals surface area contributed by atoms with Crippen molar-refractivity contribution in [2.45, 2.75) is 39.2 Å². The fourth-order valence-corrected chi connectivity index (χ4v) is 2.84. The van der Waals surface area contributed by atoms with Gasteiger partial charge in [0.2, 0.25) is 5.91 Å². The first-order valence-electron chi connectivity index (χ1n) is 9.46. The molecule has 3 rings (SSSR count). The number of H-pyrrole nitrogens is 1. The largest absolute Gasteiger partial charge is 0.497 e. The van der Waals surface area contributed by atoms with Gasteiger partial charge in [-0.3, -0.25) is 9.89 Å². The Hall–Kier alpha value is -3.15. The molecule has 0 atom stereocenters. The topological polar surface area (TPSA) is 79.9 Å². The standard InChI is InChI=1S/C22H26N4O2/c1-15(2)17-7-4-16(5-8-17)6-13-21(27)23-14-20-24-22(26-25-20)18-9-11-19(28-3)12-10-18/h4-5,7-12,15H,6,13-14H2,1-3H3,(H,23,27)(H,24,25,26). The number of aryl methyl sites for hydroxylation is 1. The van der Waals surface area contributed by atoms with Crippen LogP contribution in [-0.2, 0) is 17.8 Å². The minimum Gasteiger partial charge on any atom is -0.497 e. The van der Waals surface area contributed by atoms with Gasteiger partial charge in [-0.05, 0) is 47.7 Å². The smallest absolute Gasteiger partial charge is 0.220 e. The molecule has 0 spiro atoms. The Labute approximate surface area is 165 Å². The molecule has 6 nitrogen and oxygen atoms in total. The Balaban J connectivity index is 1.47. The molecule has 0 aliphatic heterocycles. The van der Waals surface area contributed by atoms with Gasteiger partial charge in [0.15, 0.2) is 5.82 Å². The zero-order valence-corrected chi connectivity index (χ0v) is 16.5. The third-order valence-electron chi connectivity index (χ3n) is 4.62. The van der Waals surface area contributed by atoms with Crippen molar-refractivity contribution in [3.63, 3.8) is 0 Å². The third-order valence-corrected chi connectivity index (χ3v) is 4.62. The third kappa shape index (κ3) is 5.19. The number of carbonyl (C=O) groups is 1. The predicted octanol–water partition coefficient (Wildman–Crippen LogP) is 3.85. The molecule has 0 unspecified atom stereocenters. The van der Waals surface area contributed by atoms with Crippen molar-refractivity contribution < 1.29 is 9.53 Å². The summed E-state index contributed by atoms with van der Waals surface area (Å²) in [5.41, 5.74) is 3.37. The number of hydrogen-bond acceptors (Lipinski definition) is 4. The van der Waals surface area contributed by atoms with Gasteiger partial charge in [-0.1, -0.05) is 38.1 Å². The SMILES string of the molecule is COc1ccc(-c2n[nH]c(CNC(=O)CCc3ccc(C(C)C)cc3)n2)cc1. The summed E-state index contributed by atoms with van der Waals surface area (Å²) in [6.45, 7) is 4.67. The molecule has 0 saturated heterocycles. The summed E-state index contributed by atoms with van der Waals surface area (Å²) >= 11 is 0. The van der Waals surface area contributed by atoms with Crippen molar-refractivity contribution in [1.82, 2.24) is 20.5 Å². The molecule has 0 saturated carbocycles. The van der Waals surface area contributed by atoms with Crippen LogP contribution >= 0.6 is 0 Å². The molecule has 2 aromatic carbocycles. The van der Waals surface area contributed by atoms with E-state index in [1.54, 1.807) is 7.11 Å². The second kappa shape index (κ2) is 9.17. The maximum absolute atomic E-state index is 12.1. The minimum atomic E-state index is -0.00432. The van der Waals surface area contributed by atoms with Gasteiger partial charge in [0.1, 0.15) is 11.6 Å². The molecule has 0 fully saturated rings. The molecule has 0 aliphatic carbocycles. The molecular formula is C22H26N4O2. The molecule has 28 heavy (non-hydrogen) atoms. The van der Waals surface area contributed by atoms with Crippen LogP contribution < -0.4 is 10.1 Å². The summed E-state index contributed by atoms with van der Waals surface area (Å²) in [7, 11) is 1.63. The zero-order chi connectivity index (χ0) is 19.9. The maximum Gasteiger partial charge on any atom is 0.220 e. The summed E-state index contributed by atoms with van der Waals surface area (Å²) < 4.78 is 5.15. The van der Waals surface area contributed by atoms with Gasteiger partial charge in [0.25, 0.3) is 0 Å². The fraction of sp³-hybridized carbons (Fsp3) is 0.318. The van der Waals surface area contributed by atoms with E-state index in [1.807, 2.05) is 24.3 Å². The van der Waals surface area contributed by atoms with E-state index in [0.29, 0.717) is 30.5 Å². The number of benzene rings is 2. The van der Waals surface area contributed by atoms with Gasteiger partial charge in [0, 0.05) is 12.0 Å². The number of carbonyl (C=O) groups excluding carboxylic acids is 1. The van der Waals surface area contributed by atoms with E-state index < -0.39 is 0 Å². The Morgan fingerprint density at radius 3 is 2.46 bits per heavy atom. The number of hydrogen-bond donors (Lipinski definition) is 2. The fourth-order valence-electron chi connectivity index (χ4n) is 2.84. The number of nitrogens with zero attached hydrogens (tertiary/aromatic N) is 2. The molecule has 0 radical (unpaired) electrons. The van der Waals surface area contributed by atoms with E-state index in [9.17, 15) is 4.79 Å². The first-order chi connectivity index (χ1) is 13.5. The van der Waals surface area contributed by atoms with Gasteiger partial charge in [-0.15, -0.1) is 0 Å². The molecular weight excluding hydrogens is 352 g/mol. The molecule has 0 bridgehead atoms. The molecule has 146 valence electrons. The Kier molecular flexibility index (Phi) is 6.42. The van der Waals surface area contributed by atoms with Gasteiger partial charge < -0.3 is 10.1 Å². The molecule has 1 amide bonds.